The summed E-state index contributed by atoms with van der Waals surface area (Å²) in [6.07, 6.45) is -0.538. The Morgan fingerprint density at radius 3 is 2.84 bits per heavy atom. The predicted molar refractivity (Wildman–Crippen MR) is 70.5 cm³/mol. The molecule has 6 heteroatoms. The van der Waals surface area contributed by atoms with Crippen LogP contribution in [0.2, 0.25) is 0 Å². The van der Waals surface area contributed by atoms with Gasteiger partial charge in [-0.3, -0.25) is 13.9 Å². The number of fused-ring (bicyclic) bond motifs is 1. The monoisotopic (exact) mass is 284 g/mol. The SMILES string of the molecule is CCOP1(=O)OC(CC(=O)OC)c2cccc(C)c21. The summed E-state index contributed by atoms with van der Waals surface area (Å²) < 4.78 is 28.2. The molecule has 104 valence electrons. The van der Waals surface area contributed by atoms with E-state index in [2.05, 4.69) is 4.74 Å². The van der Waals surface area contributed by atoms with Crippen molar-refractivity contribution in [1.29, 1.82) is 0 Å². The van der Waals surface area contributed by atoms with Crippen LogP contribution in [-0.2, 0) is 23.1 Å². The zero-order chi connectivity index (χ0) is 14.0. The minimum atomic E-state index is -3.33. The van der Waals surface area contributed by atoms with Gasteiger partial charge in [0.05, 0.1) is 25.4 Å². The summed E-state index contributed by atoms with van der Waals surface area (Å²) in [6.45, 7) is 3.90. The summed E-state index contributed by atoms with van der Waals surface area (Å²) in [7, 11) is -2.01. The van der Waals surface area contributed by atoms with Crippen LogP contribution in [-0.4, -0.2) is 19.7 Å². The molecule has 0 spiro atoms. The smallest absolute Gasteiger partial charge is 0.362 e. The Hall–Kier alpha value is -1.16. The average Bonchev–Trinajstić information content (AvgIpc) is 2.64. The van der Waals surface area contributed by atoms with Crippen LogP contribution in [0.15, 0.2) is 18.2 Å². The number of aryl methyl sites for hydroxylation is 1. The fourth-order valence-corrected chi connectivity index (χ4v) is 4.44. The highest BCUT2D eigenvalue weighted by Gasteiger charge is 2.44. The first-order valence-electron chi connectivity index (χ1n) is 6.11. The Morgan fingerprint density at radius 2 is 2.21 bits per heavy atom. The van der Waals surface area contributed by atoms with Crippen LogP contribution in [0.3, 0.4) is 0 Å². The summed E-state index contributed by atoms with van der Waals surface area (Å²) in [4.78, 5) is 11.4. The van der Waals surface area contributed by atoms with E-state index in [1.807, 2.05) is 25.1 Å². The van der Waals surface area contributed by atoms with Crippen LogP contribution in [0.25, 0.3) is 0 Å². The first-order chi connectivity index (χ1) is 9.01. The number of esters is 1. The maximum atomic E-state index is 12.7. The van der Waals surface area contributed by atoms with E-state index in [1.54, 1.807) is 6.92 Å². The third-order valence-corrected chi connectivity index (χ3v) is 5.32. The van der Waals surface area contributed by atoms with Crippen molar-refractivity contribution in [1.82, 2.24) is 0 Å². The Morgan fingerprint density at radius 1 is 1.47 bits per heavy atom. The quantitative estimate of drug-likeness (QED) is 0.628. The molecule has 0 fully saturated rings. The lowest BCUT2D eigenvalue weighted by Gasteiger charge is -2.14. The highest BCUT2D eigenvalue weighted by Crippen LogP contribution is 2.58. The third kappa shape index (κ3) is 2.59. The van der Waals surface area contributed by atoms with E-state index in [1.165, 1.54) is 7.11 Å². The number of rotatable bonds is 4. The average molecular weight is 284 g/mol. The number of carbonyl (C=O) groups is 1. The molecule has 0 aliphatic carbocycles. The zero-order valence-electron chi connectivity index (χ0n) is 11.2. The van der Waals surface area contributed by atoms with Gasteiger partial charge < -0.3 is 9.26 Å². The number of benzene rings is 1. The minimum absolute atomic E-state index is 0.0318. The molecular formula is C13H17O5P. The maximum Gasteiger partial charge on any atom is 0.362 e. The summed E-state index contributed by atoms with van der Waals surface area (Å²) in [6, 6.07) is 5.52. The van der Waals surface area contributed by atoms with Gasteiger partial charge in [0.1, 0.15) is 6.10 Å². The second-order valence-electron chi connectivity index (χ2n) is 4.30. The van der Waals surface area contributed by atoms with Crippen LogP contribution in [0.4, 0.5) is 0 Å². The summed E-state index contributed by atoms with van der Waals surface area (Å²) in [5, 5.41) is 0.589. The third-order valence-electron chi connectivity index (χ3n) is 3.03. The molecule has 2 atom stereocenters. The van der Waals surface area contributed by atoms with Gasteiger partial charge in [-0.25, -0.2) is 0 Å². The predicted octanol–water partition coefficient (Wildman–Crippen LogP) is 2.48. The second-order valence-corrected chi connectivity index (χ2v) is 6.21. The van der Waals surface area contributed by atoms with Crippen molar-refractivity contribution in [3.8, 4) is 0 Å². The molecule has 2 unspecified atom stereocenters. The largest absolute Gasteiger partial charge is 0.469 e. The van der Waals surface area contributed by atoms with Crippen LogP contribution in [0.5, 0.6) is 0 Å². The molecule has 1 aromatic carbocycles. The minimum Gasteiger partial charge on any atom is -0.469 e. The number of methoxy groups -OCH3 is 1. The van der Waals surface area contributed by atoms with Crippen molar-refractivity contribution in [2.75, 3.05) is 13.7 Å². The van der Waals surface area contributed by atoms with Crippen molar-refractivity contribution >= 4 is 18.9 Å². The van der Waals surface area contributed by atoms with Gasteiger partial charge in [-0.15, -0.1) is 0 Å². The highest BCUT2D eigenvalue weighted by molar-refractivity contribution is 7.62. The van der Waals surface area contributed by atoms with Crippen LogP contribution >= 0.6 is 7.60 Å². The van der Waals surface area contributed by atoms with E-state index in [0.717, 1.165) is 11.1 Å². The summed E-state index contributed by atoms with van der Waals surface area (Å²) in [5.41, 5.74) is 1.60. The molecule has 19 heavy (non-hydrogen) atoms. The van der Waals surface area contributed by atoms with Gasteiger partial charge in [-0.2, -0.15) is 0 Å². The lowest BCUT2D eigenvalue weighted by molar-refractivity contribution is -0.142. The summed E-state index contributed by atoms with van der Waals surface area (Å²) >= 11 is 0. The first kappa shape index (κ1) is 14.3. The molecule has 0 radical (unpaired) electrons. The van der Waals surface area contributed by atoms with E-state index in [4.69, 9.17) is 9.05 Å². The van der Waals surface area contributed by atoms with Crippen molar-refractivity contribution < 1.29 is 23.1 Å². The number of ether oxygens (including phenoxy) is 1. The van der Waals surface area contributed by atoms with Gasteiger partial charge in [0.2, 0.25) is 0 Å². The van der Waals surface area contributed by atoms with Crippen molar-refractivity contribution in [2.45, 2.75) is 26.4 Å². The molecule has 2 rings (SSSR count). The van der Waals surface area contributed by atoms with Crippen molar-refractivity contribution in [3.63, 3.8) is 0 Å². The molecule has 0 saturated carbocycles. The molecule has 1 heterocycles. The maximum absolute atomic E-state index is 12.7. The Bertz CT molecular complexity index is 540. The molecule has 1 aliphatic rings. The fourth-order valence-electron chi connectivity index (χ4n) is 2.24. The normalized spacial score (nSPS) is 25.1. The van der Waals surface area contributed by atoms with Gasteiger partial charge >= 0.3 is 13.6 Å². The molecule has 1 aliphatic heterocycles. The lowest BCUT2D eigenvalue weighted by Crippen LogP contribution is -2.11. The van der Waals surface area contributed by atoms with Crippen LogP contribution in [0.1, 0.15) is 30.6 Å². The Kier molecular flexibility index (Phi) is 4.09. The van der Waals surface area contributed by atoms with Gasteiger partial charge in [-0.1, -0.05) is 18.2 Å². The van der Waals surface area contributed by atoms with E-state index in [0.29, 0.717) is 5.30 Å². The first-order valence-corrected chi connectivity index (χ1v) is 7.66. The molecule has 0 aromatic heterocycles. The molecule has 1 aromatic rings. The fraction of sp³-hybridized carbons (Fsp3) is 0.462. The van der Waals surface area contributed by atoms with Gasteiger partial charge in [0, 0.05) is 0 Å². The second kappa shape index (κ2) is 5.45. The van der Waals surface area contributed by atoms with Crippen molar-refractivity contribution in [2.24, 2.45) is 0 Å². The van der Waals surface area contributed by atoms with E-state index in [9.17, 15) is 9.36 Å². The Labute approximate surface area is 112 Å². The van der Waals surface area contributed by atoms with Crippen LogP contribution in [0, 0.1) is 6.92 Å². The Balaban J connectivity index is 2.42. The highest BCUT2D eigenvalue weighted by atomic mass is 31.2. The number of hydrogen-bond donors (Lipinski definition) is 0. The van der Waals surface area contributed by atoms with Gasteiger partial charge in [-0.05, 0) is 25.0 Å². The van der Waals surface area contributed by atoms with E-state index >= 15 is 0 Å². The van der Waals surface area contributed by atoms with Crippen molar-refractivity contribution in [3.05, 3.63) is 29.3 Å². The van der Waals surface area contributed by atoms with E-state index < -0.39 is 19.7 Å². The number of hydrogen-bond acceptors (Lipinski definition) is 5. The molecule has 0 amide bonds. The lowest BCUT2D eigenvalue weighted by atomic mass is 10.0. The molecule has 0 N–H and O–H groups in total. The number of carbonyl (C=O) groups excluding carboxylic acids is 1. The molecule has 5 nitrogen and oxygen atoms in total. The molecular weight excluding hydrogens is 267 g/mol. The topological polar surface area (TPSA) is 61.8 Å². The summed E-state index contributed by atoms with van der Waals surface area (Å²) in [5.74, 6) is -0.401. The van der Waals surface area contributed by atoms with Gasteiger partial charge in [0.25, 0.3) is 0 Å². The van der Waals surface area contributed by atoms with Gasteiger partial charge in [0.15, 0.2) is 0 Å². The molecule has 0 saturated heterocycles. The standard InChI is InChI=1S/C13H17O5P/c1-4-17-19(15)13-9(2)6-5-7-10(13)11(18-19)8-12(14)16-3/h5-7,11H,4,8H2,1-3H3. The molecule has 0 bridgehead atoms. The van der Waals surface area contributed by atoms with Crippen LogP contribution < -0.4 is 5.30 Å². The van der Waals surface area contributed by atoms with E-state index in [-0.39, 0.29) is 13.0 Å². The zero-order valence-corrected chi connectivity index (χ0v) is 12.1.